The van der Waals surface area contributed by atoms with Crippen LogP contribution in [0.3, 0.4) is 0 Å². The quantitative estimate of drug-likeness (QED) is 0.0973. The lowest BCUT2D eigenvalue weighted by Crippen LogP contribution is -2.65. The van der Waals surface area contributed by atoms with Gasteiger partial charge >= 0.3 is 0 Å². The third kappa shape index (κ3) is 8.14. The number of allylic oxidation sites excluding steroid dienone is 1. The lowest BCUT2D eigenvalue weighted by molar-refractivity contribution is -0.387. The number of rotatable bonds is 9. The average Bonchev–Trinajstić information content (AvgIpc) is 3.91. The maximum Gasteiger partial charge on any atom is 0.201 e. The zero-order valence-electron chi connectivity index (χ0n) is 39.4. The summed E-state index contributed by atoms with van der Waals surface area (Å²) in [5.74, 6) is -3.41. The van der Waals surface area contributed by atoms with Gasteiger partial charge in [0.2, 0.25) is 5.79 Å². The maximum absolute atomic E-state index is 14.7. The Bertz CT molecular complexity index is 2010. The van der Waals surface area contributed by atoms with E-state index in [2.05, 4.69) is 0 Å². The van der Waals surface area contributed by atoms with Crippen LogP contribution in [0.25, 0.3) is 0 Å². The van der Waals surface area contributed by atoms with Gasteiger partial charge in [-0.3, -0.25) is 4.79 Å². The Morgan fingerprint density at radius 2 is 1.44 bits per heavy atom. The molecule has 1 unspecified atom stereocenters. The van der Waals surface area contributed by atoms with Crippen LogP contribution in [0.15, 0.2) is 22.8 Å². The van der Waals surface area contributed by atoms with Crippen LogP contribution in [-0.4, -0.2) is 234 Å². The number of fused-ring (bicyclic) bond motifs is 6. The van der Waals surface area contributed by atoms with Gasteiger partial charge in [-0.25, -0.2) is 0 Å². The number of aliphatic hydroxyl groups excluding tert-OH is 11. The third-order valence-electron chi connectivity index (χ3n) is 17.6. The highest BCUT2D eigenvalue weighted by Gasteiger charge is 2.68. The smallest absolute Gasteiger partial charge is 0.201 e. The van der Waals surface area contributed by atoms with Crippen LogP contribution in [0.1, 0.15) is 59.8 Å². The summed E-state index contributed by atoms with van der Waals surface area (Å²) >= 11 is 0. The zero-order valence-corrected chi connectivity index (χ0v) is 39.4. The van der Waals surface area contributed by atoms with Crippen molar-refractivity contribution in [2.75, 3.05) is 33.0 Å². The minimum Gasteiger partial charge on any atom is -0.393 e. The summed E-state index contributed by atoms with van der Waals surface area (Å²) in [6.45, 7) is 4.99. The van der Waals surface area contributed by atoms with E-state index in [0.717, 1.165) is 11.1 Å². The number of carbonyl (C=O) groups is 1. The molecule has 10 aliphatic rings. The molecule has 70 heavy (non-hydrogen) atoms. The molecule has 4 aliphatic carbocycles. The highest BCUT2D eigenvalue weighted by molar-refractivity contribution is 6.04. The molecule has 6 aliphatic heterocycles. The van der Waals surface area contributed by atoms with Crippen LogP contribution in [0.5, 0.6) is 0 Å². The minimum absolute atomic E-state index is 0.0849. The first-order valence-electron chi connectivity index (χ1n) is 24.7. The number of aliphatic hydroxyl groups is 12. The Kier molecular flexibility index (Phi) is 14.1. The van der Waals surface area contributed by atoms with Crippen LogP contribution in [0, 0.1) is 35.0 Å². The summed E-state index contributed by atoms with van der Waals surface area (Å²) in [5, 5.41) is 131. The topological polar surface area (TPSA) is 352 Å². The molecule has 0 amide bonds. The second kappa shape index (κ2) is 19.1. The lowest BCUT2D eigenvalue weighted by Gasteiger charge is -2.57. The van der Waals surface area contributed by atoms with Crippen molar-refractivity contribution >= 4 is 5.78 Å². The molecule has 12 N–H and O–H groups in total. The number of ether oxygens (including phenoxy) is 10. The summed E-state index contributed by atoms with van der Waals surface area (Å²) in [6, 6.07) is 0. The van der Waals surface area contributed by atoms with Crippen molar-refractivity contribution in [1.82, 2.24) is 0 Å². The summed E-state index contributed by atoms with van der Waals surface area (Å²) in [4.78, 5) is 14.7. The molecule has 6 heterocycles. The van der Waals surface area contributed by atoms with Crippen molar-refractivity contribution < 1.29 is 113 Å². The van der Waals surface area contributed by atoms with E-state index in [9.17, 15) is 66.1 Å². The van der Waals surface area contributed by atoms with Gasteiger partial charge in [0, 0.05) is 35.2 Å². The summed E-state index contributed by atoms with van der Waals surface area (Å²) in [7, 11) is 0. The average molecular weight is 1000 g/mol. The molecule has 0 bridgehead atoms. The van der Waals surface area contributed by atoms with Crippen molar-refractivity contribution in [3.05, 3.63) is 22.8 Å². The van der Waals surface area contributed by atoms with Crippen molar-refractivity contribution in [1.29, 1.82) is 0 Å². The number of hydrogen-bond donors (Lipinski definition) is 12. The Hall–Kier alpha value is -1.73. The molecule has 0 aromatic carbocycles. The monoisotopic (exact) mass is 1000 g/mol. The van der Waals surface area contributed by atoms with Gasteiger partial charge in [0.05, 0.1) is 57.5 Å². The third-order valence-corrected chi connectivity index (χ3v) is 17.6. The van der Waals surface area contributed by atoms with E-state index in [1.807, 2.05) is 19.9 Å². The molecule has 396 valence electrons. The standard InChI is InChI=1S/C47H70O23/c1-16-11-64-47(39(58)29(16)52)17(2)27-22-7-8-23-21(28(22)32(55)36(27)70-47)6-5-19-9-20(49)10-26(45(19,23)4)66-43-38(35(25(51)13-62-43)67-41-33(56)31(54)24(50)12-61-41)69-42-34(57)37(30(53)18(3)65-42)68-44-40(59)46(60,14-48)15-63-44/h5,16-18,20-21,23-27,29-31,33-44,48-54,56-60H,6-15H2,1-4H3/t16-,17-,18-,20+,21+,23?,24+,25-,26+,27+,29+,30-,31-,33+,34+,35-,36+,37+,38+,39-,40-,41-,42-,43-,44-,45-,46+,47-/m0/s1. The minimum atomic E-state index is -2.10. The molecule has 7 fully saturated rings. The Labute approximate surface area is 403 Å². The fraction of sp³-hybridized carbons (Fsp3) is 0.894. The highest BCUT2D eigenvalue weighted by Crippen LogP contribution is 2.64. The fourth-order valence-corrected chi connectivity index (χ4v) is 13.4. The molecule has 0 aromatic rings. The van der Waals surface area contributed by atoms with Crippen molar-refractivity contribution in [3.8, 4) is 0 Å². The molecule has 0 radical (unpaired) electrons. The number of ketones is 1. The Balaban J connectivity index is 0.943. The van der Waals surface area contributed by atoms with Crippen LogP contribution < -0.4 is 0 Å². The number of carbonyl (C=O) groups excluding carboxylic acids is 1. The van der Waals surface area contributed by atoms with Gasteiger partial charge in [0.25, 0.3) is 0 Å². The van der Waals surface area contributed by atoms with E-state index in [-0.39, 0.29) is 42.5 Å². The van der Waals surface area contributed by atoms with E-state index >= 15 is 0 Å². The van der Waals surface area contributed by atoms with Crippen molar-refractivity contribution in [2.45, 2.75) is 194 Å². The van der Waals surface area contributed by atoms with E-state index in [1.165, 1.54) is 6.92 Å². The molecule has 23 nitrogen and oxygen atoms in total. The molecule has 23 heteroatoms. The van der Waals surface area contributed by atoms with Crippen LogP contribution in [0.2, 0.25) is 0 Å². The normalized spacial score (nSPS) is 55.8. The van der Waals surface area contributed by atoms with E-state index in [1.54, 1.807) is 6.92 Å². The summed E-state index contributed by atoms with van der Waals surface area (Å²) < 4.78 is 61.2. The predicted octanol–water partition coefficient (Wildman–Crippen LogP) is -4.28. The lowest BCUT2D eigenvalue weighted by atomic mass is 9.51. The van der Waals surface area contributed by atoms with Crippen LogP contribution in [-0.2, 0) is 52.2 Å². The van der Waals surface area contributed by atoms with Gasteiger partial charge in [-0.15, -0.1) is 0 Å². The van der Waals surface area contributed by atoms with Gasteiger partial charge < -0.3 is 109 Å². The molecule has 6 saturated heterocycles. The summed E-state index contributed by atoms with van der Waals surface area (Å²) in [5.41, 5.74) is -0.418. The van der Waals surface area contributed by atoms with Crippen LogP contribution >= 0.6 is 0 Å². The number of hydrogen-bond acceptors (Lipinski definition) is 23. The molecule has 1 saturated carbocycles. The molecule has 28 atom stereocenters. The Morgan fingerprint density at radius 3 is 2.17 bits per heavy atom. The predicted molar refractivity (Wildman–Crippen MR) is 229 cm³/mol. The van der Waals surface area contributed by atoms with Gasteiger partial charge in [-0.2, -0.15) is 0 Å². The maximum atomic E-state index is 14.7. The first kappa shape index (κ1) is 51.7. The first-order valence-corrected chi connectivity index (χ1v) is 24.7. The first-order chi connectivity index (χ1) is 33.1. The summed E-state index contributed by atoms with van der Waals surface area (Å²) in [6.07, 6.45) is -25.2. The van der Waals surface area contributed by atoms with E-state index in [0.29, 0.717) is 31.3 Å². The molecular formula is C47H70O23. The SMILES string of the molecule is C[C@@H]1O[C@@H](O[C@H]2[C@H](O[C@@H]3C[C@H](O)CC4=CC[C@H]5C6=C(CCC5[C@]43C)[C@@H]3[C@@H](O[C@@]4(OC[C@H](C)[C@@H](O)[C@@H]4O)[C@H]3C)C6=O)OC[C@H](O)[C@@H]2O[C@@H]2OC[C@@H](O)[C@H](O)[C@H]2O)[C@H](O)[C@H](O[C@@H]2OC[C@](O)(CO)[C@H]2O)[C@H]1O. The largest absolute Gasteiger partial charge is 0.393 e. The highest BCUT2D eigenvalue weighted by atomic mass is 16.8. The molecular weight excluding hydrogens is 932 g/mol. The van der Waals surface area contributed by atoms with Crippen LogP contribution in [0.4, 0.5) is 0 Å². The fourth-order valence-electron chi connectivity index (χ4n) is 13.4. The van der Waals surface area contributed by atoms with E-state index < -0.39 is 172 Å². The van der Waals surface area contributed by atoms with Crippen molar-refractivity contribution in [2.24, 2.45) is 35.0 Å². The van der Waals surface area contributed by atoms with Gasteiger partial charge in [0.15, 0.2) is 30.9 Å². The van der Waals surface area contributed by atoms with Crippen molar-refractivity contribution in [3.63, 3.8) is 0 Å². The number of Topliss-reactive ketones (excluding diaryl/α,β-unsaturated/α-hetero) is 1. The molecule has 10 rings (SSSR count). The van der Waals surface area contributed by atoms with Gasteiger partial charge in [0.1, 0.15) is 78.8 Å². The van der Waals surface area contributed by atoms with Gasteiger partial charge in [-0.05, 0) is 44.4 Å². The second-order valence-electron chi connectivity index (χ2n) is 21.7. The Morgan fingerprint density at radius 1 is 0.743 bits per heavy atom. The van der Waals surface area contributed by atoms with E-state index in [4.69, 9.17) is 47.4 Å². The zero-order chi connectivity index (χ0) is 50.1. The second-order valence-corrected chi connectivity index (χ2v) is 21.7. The molecule has 0 aromatic heterocycles. The van der Waals surface area contributed by atoms with Gasteiger partial charge in [-0.1, -0.05) is 38.0 Å². The molecule has 1 spiro atoms.